The van der Waals surface area contributed by atoms with Crippen LogP contribution in [0.4, 0.5) is 0 Å². The fourth-order valence-electron chi connectivity index (χ4n) is 3.84. The summed E-state index contributed by atoms with van der Waals surface area (Å²) in [5, 5.41) is 21.0. The summed E-state index contributed by atoms with van der Waals surface area (Å²) in [7, 11) is 3.21. The number of piperidine rings is 1. The zero-order valence-corrected chi connectivity index (χ0v) is 17.5. The third kappa shape index (κ3) is 5.01. The number of hydrogen-bond acceptors (Lipinski definition) is 5. The van der Waals surface area contributed by atoms with E-state index in [2.05, 4.69) is 4.90 Å². The summed E-state index contributed by atoms with van der Waals surface area (Å²) in [6.07, 6.45) is 5.28. The quantitative estimate of drug-likeness (QED) is 0.649. The van der Waals surface area contributed by atoms with Crippen molar-refractivity contribution in [3.05, 3.63) is 71.8 Å². The van der Waals surface area contributed by atoms with Crippen molar-refractivity contribution in [1.82, 2.24) is 4.90 Å². The van der Waals surface area contributed by atoms with Crippen LogP contribution < -0.4 is 9.47 Å². The first-order chi connectivity index (χ1) is 14.5. The van der Waals surface area contributed by atoms with Crippen LogP contribution >= 0.6 is 0 Å². The second-order valence-electron chi connectivity index (χ2n) is 7.56. The van der Waals surface area contributed by atoms with Crippen LogP contribution in [0.3, 0.4) is 0 Å². The average molecular weight is 411 g/mol. The minimum absolute atomic E-state index is 0.325. The molecule has 1 aliphatic heterocycles. The second kappa shape index (κ2) is 9.78. The molecule has 0 aromatic heterocycles. The lowest BCUT2D eigenvalue weighted by atomic mass is 9.85. The summed E-state index contributed by atoms with van der Waals surface area (Å²) in [6.45, 7) is 1.97. The van der Waals surface area contributed by atoms with Crippen LogP contribution in [-0.4, -0.2) is 54.9 Å². The van der Waals surface area contributed by atoms with E-state index in [1.165, 1.54) is 0 Å². The van der Waals surface area contributed by atoms with Gasteiger partial charge in [0.05, 0.1) is 20.1 Å². The van der Waals surface area contributed by atoms with E-state index in [1.807, 2.05) is 54.6 Å². The summed E-state index contributed by atoms with van der Waals surface area (Å²) >= 11 is 0. The summed E-state index contributed by atoms with van der Waals surface area (Å²) in [5.41, 5.74) is 0.0964. The second-order valence-corrected chi connectivity index (χ2v) is 7.56. The highest BCUT2D eigenvalue weighted by atomic mass is 16.5. The SMILES string of the molecule is COc1ccc(C(O)(/C=C\CN2CCCC(C(=O)O)C2)c2ccc(OC)cc2)cc1. The number of nitrogens with zero attached hydrogens (tertiary/aromatic N) is 1. The standard InChI is InChI=1S/C24H29NO5/c1-29-21-10-6-19(7-11-21)24(28,20-8-12-22(30-2)13-9-20)14-4-16-25-15-3-5-18(17-25)23(26)27/h4,6-14,18,28H,3,5,15-17H2,1-2H3,(H,26,27)/b14-4-. The molecule has 2 N–H and O–H groups in total. The molecule has 0 spiro atoms. The number of methoxy groups -OCH3 is 2. The van der Waals surface area contributed by atoms with Crippen molar-refractivity contribution in [2.24, 2.45) is 5.92 Å². The molecular formula is C24H29NO5. The zero-order chi connectivity index (χ0) is 21.6. The Hall–Kier alpha value is -2.83. The topological polar surface area (TPSA) is 79.2 Å². The molecule has 1 fully saturated rings. The van der Waals surface area contributed by atoms with Gasteiger partial charge in [0, 0.05) is 13.1 Å². The van der Waals surface area contributed by atoms with E-state index in [-0.39, 0.29) is 5.92 Å². The van der Waals surface area contributed by atoms with Crippen LogP contribution in [0.25, 0.3) is 0 Å². The lowest BCUT2D eigenvalue weighted by Gasteiger charge is -2.30. The van der Waals surface area contributed by atoms with E-state index in [0.717, 1.165) is 19.4 Å². The molecule has 1 atom stereocenters. The first kappa shape index (κ1) is 21.9. The van der Waals surface area contributed by atoms with Crippen molar-refractivity contribution in [2.45, 2.75) is 18.4 Å². The third-order valence-corrected chi connectivity index (χ3v) is 5.64. The zero-order valence-electron chi connectivity index (χ0n) is 17.5. The van der Waals surface area contributed by atoms with E-state index < -0.39 is 11.6 Å². The molecule has 1 unspecified atom stereocenters. The predicted molar refractivity (Wildman–Crippen MR) is 115 cm³/mol. The minimum atomic E-state index is -1.33. The molecule has 1 heterocycles. The average Bonchev–Trinajstić information content (AvgIpc) is 2.79. The van der Waals surface area contributed by atoms with Gasteiger partial charge in [0.2, 0.25) is 0 Å². The number of hydrogen-bond donors (Lipinski definition) is 2. The van der Waals surface area contributed by atoms with Crippen LogP contribution in [0.2, 0.25) is 0 Å². The van der Waals surface area contributed by atoms with E-state index >= 15 is 0 Å². The number of carbonyl (C=O) groups is 1. The summed E-state index contributed by atoms with van der Waals surface area (Å²) in [6, 6.07) is 14.6. The maximum absolute atomic E-state index is 11.7. The lowest BCUT2D eigenvalue weighted by molar-refractivity contribution is -0.143. The molecule has 2 aromatic carbocycles. The Labute approximate surface area is 177 Å². The Balaban J connectivity index is 1.84. The van der Waals surface area contributed by atoms with Crippen LogP contribution in [-0.2, 0) is 10.4 Å². The highest BCUT2D eigenvalue weighted by molar-refractivity contribution is 5.70. The van der Waals surface area contributed by atoms with Gasteiger partial charge in [-0.25, -0.2) is 0 Å². The third-order valence-electron chi connectivity index (χ3n) is 5.64. The number of likely N-dealkylation sites (tertiary alicyclic amines) is 1. The van der Waals surface area contributed by atoms with Crippen molar-refractivity contribution in [2.75, 3.05) is 33.9 Å². The Morgan fingerprint density at radius 2 is 1.60 bits per heavy atom. The Morgan fingerprint density at radius 1 is 1.07 bits per heavy atom. The smallest absolute Gasteiger partial charge is 0.307 e. The Bertz CT molecular complexity index is 813. The van der Waals surface area contributed by atoms with Crippen molar-refractivity contribution >= 4 is 5.97 Å². The maximum Gasteiger partial charge on any atom is 0.307 e. The molecule has 0 aliphatic carbocycles. The Kier molecular flexibility index (Phi) is 7.13. The van der Waals surface area contributed by atoms with Gasteiger partial charge < -0.3 is 19.7 Å². The van der Waals surface area contributed by atoms with Gasteiger partial charge in [-0.15, -0.1) is 0 Å². The normalized spacial score (nSPS) is 17.8. The lowest BCUT2D eigenvalue weighted by Crippen LogP contribution is -2.38. The molecular weight excluding hydrogens is 382 g/mol. The molecule has 30 heavy (non-hydrogen) atoms. The maximum atomic E-state index is 11.7. The van der Waals surface area contributed by atoms with Crippen molar-refractivity contribution in [3.8, 4) is 11.5 Å². The molecule has 1 aliphatic rings. The molecule has 2 aromatic rings. The molecule has 6 heteroatoms. The number of ether oxygens (including phenoxy) is 2. The molecule has 0 bridgehead atoms. The molecule has 1 saturated heterocycles. The fourth-order valence-corrected chi connectivity index (χ4v) is 3.84. The number of carboxylic acid groups (broad SMARTS) is 1. The predicted octanol–water partition coefficient (Wildman–Crippen LogP) is 3.29. The molecule has 0 radical (unpaired) electrons. The van der Waals surface area contributed by atoms with E-state index in [1.54, 1.807) is 20.3 Å². The Morgan fingerprint density at radius 3 is 2.07 bits per heavy atom. The van der Waals surface area contributed by atoms with E-state index in [4.69, 9.17) is 9.47 Å². The van der Waals surface area contributed by atoms with Gasteiger partial charge in [-0.05, 0) is 60.9 Å². The van der Waals surface area contributed by atoms with Crippen molar-refractivity contribution in [1.29, 1.82) is 0 Å². The van der Waals surface area contributed by atoms with Gasteiger partial charge >= 0.3 is 5.97 Å². The van der Waals surface area contributed by atoms with E-state index in [9.17, 15) is 15.0 Å². The largest absolute Gasteiger partial charge is 0.497 e. The molecule has 0 amide bonds. The number of benzene rings is 2. The number of aliphatic hydroxyl groups is 1. The molecule has 160 valence electrons. The highest BCUT2D eigenvalue weighted by Gasteiger charge is 2.29. The molecule has 6 nitrogen and oxygen atoms in total. The van der Waals surface area contributed by atoms with Crippen molar-refractivity contribution in [3.63, 3.8) is 0 Å². The van der Waals surface area contributed by atoms with Gasteiger partial charge in [-0.1, -0.05) is 30.3 Å². The number of rotatable bonds is 8. The van der Waals surface area contributed by atoms with Gasteiger partial charge in [-0.2, -0.15) is 0 Å². The minimum Gasteiger partial charge on any atom is -0.497 e. The van der Waals surface area contributed by atoms with Crippen molar-refractivity contribution < 1.29 is 24.5 Å². The summed E-state index contributed by atoms with van der Waals surface area (Å²) in [4.78, 5) is 13.4. The number of aliphatic carboxylic acids is 1. The van der Waals surface area contributed by atoms with Crippen LogP contribution in [0.5, 0.6) is 11.5 Å². The van der Waals surface area contributed by atoms with Crippen LogP contribution in [0.15, 0.2) is 60.7 Å². The van der Waals surface area contributed by atoms with Gasteiger partial charge in [0.25, 0.3) is 0 Å². The van der Waals surface area contributed by atoms with E-state index in [0.29, 0.717) is 35.7 Å². The highest BCUT2D eigenvalue weighted by Crippen LogP contribution is 2.33. The molecule has 0 saturated carbocycles. The fraction of sp³-hybridized carbons (Fsp3) is 0.375. The van der Waals surface area contributed by atoms with Gasteiger partial charge in [0.1, 0.15) is 17.1 Å². The first-order valence-corrected chi connectivity index (χ1v) is 10.1. The summed E-state index contributed by atoms with van der Waals surface area (Å²) in [5.74, 6) is 0.367. The monoisotopic (exact) mass is 411 g/mol. The van der Waals surface area contributed by atoms with Gasteiger partial charge in [0.15, 0.2) is 0 Å². The van der Waals surface area contributed by atoms with Crippen LogP contribution in [0.1, 0.15) is 24.0 Å². The van der Waals surface area contributed by atoms with Crippen LogP contribution in [0, 0.1) is 5.92 Å². The van der Waals surface area contributed by atoms with Gasteiger partial charge in [-0.3, -0.25) is 9.69 Å². The first-order valence-electron chi connectivity index (χ1n) is 10.1. The molecule has 3 rings (SSSR count). The number of carboxylic acids is 1. The summed E-state index contributed by atoms with van der Waals surface area (Å²) < 4.78 is 10.5.